The number of nitrogens with zero attached hydrogens (tertiary/aromatic N) is 1. The molecule has 3 heterocycles. The third kappa shape index (κ3) is 1.52. The van der Waals surface area contributed by atoms with Crippen molar-refractivity contribution in [3.05, 3.63) is 48.7 Å². The van der Waals surface area contributed by atoms with E-state index >= 15 is 0 Å². The van der Waals surface area contributed by atoms with E-state index in [-0.39, 0.29) is 0 Å². The van der Waals surface area contributed by atoms with Crippen LogP contribution in [0.15, 0.2) is 48.7 Å². The number of nitrogens with one attached hydrogen (secondary N) is 1. The zero-order valence-electron chi connectivity index (χ0n) is 10.4. The van der Waals surface area contributed by atoms with Gasteiger partial charge in [-0.15, -0.1) is 0 Å². The molecule has 1 aromatic heterocycles. The van der Waals surface area contributed by atoms with Gasteiger partial charge in [0.1, 0.15) is 0 Å². The average Bonchev–Trinajstić information content (AvgIpc) is 3.15. The van der Waals surface area contributed by atoms with Crippen molar-refractivity contribution in [1.29, 1.82) is 0 Å². The molecule has 0 spiro atoms. The van der Waals surface area contributed by atoms with Gasteiger partial charge in [0.15, 0.2) is 0 Å². The first-order chi connectivity index (χ1) is 8.92. The van der Waals surface area contributed by atoms with Gasteiger partial charge in [0.25, 0.3) is 0 Å². The van der Waals surface area contributed by atoms with E-state index in [4.69, 9.17) is 0 Å². The van der Waals surface area contributed by atoms with E-state index in [2.05, 4.69) is 58.5 Å². The molecule has 92 valence electrons. The van der Waals surface area contributed by atoms with E-state index in [9.17, 15) is 0 Å². The molecule has 0 radical (unpaired) electrons. The van der Waals surface area contributed by atoms with Gasteiger partial charge >= 0.3 is 0 Å². The molecule has 2 bridgehead atoms. The van der Waals surface area contributed by atoms with Gasteiger partial charge in [0.05, 0.1) is 6.04 Å². The monoisotopic (exact) mass is 238 g/mol. The summed E-state index contributed by atoms with van der Waals surface area (Å²) in [7, 11) is 0. The first kappa shape index (κ1) is 10.4. The molecule has 0 amide bonds. The van der Waals surface area contributed by atoms with Crippen molar-refractivity contribution in [2.24, 2.45) is 0 Å². The van der Waals surface area contributed by atoms with E-state index in [1.165, 1.54) is 30.5 Å². The minimum absolute atomic E-state index is 0.647. The quantitative estimate of drug-likeness (QED) is 0.850. The zero-order chi connectivity index (χ0) is 11.9. The molecular formula is C16H18N2. The van der Waals surface area contributed by atoms with Crippen molar-refractivity contribution in [3.63, 3.8) is 0 Å². The summed E-state index contributed by atoms with van der Waals surface area (Å²) in [4.78, 5) is 0. The highest BCUT2D eigenvalue weighted by atomic mass is 15.1. The van der Waals surface area contributed by atoms with Crippen LogP contribution in [-0.4, -0.2) is 16.7 Å². The summed E-state index contributed by atoms with van der Waals surface area (Å²) in [5.74, 6) is 0. The van der Waals surface area contributed by atoms with E-state index in [0.29, 0.717) is 12.1 Å². The van der Waals surface area contributed by atoms with Crippen LogP contribution in [0.5, 0.6) is 0 Å². The fraction of sp³-hybridized carbons (Fsp3) is 0.375. The summed E-state index contributed by atoms with van der Waals surface area (Å²) in [5, 5.41) is 3.72. The average molecular weight is 238 g/mol. The molecule has 0 aliphatic carbocycles. The summed E-state index contributed by atoms with van der Waals surface area (Å²) < 4.78 is 2.48. The maximum Gasteiger partial charge on any atom is 0.0504 e. The molecule has 1 aromatic carbocycles. The van der Waals surface area contributed by atoms with Gasteiger partial charge in [-0.2, -0.15) is 0 Å². The largest absolute Gasteiger partial charge is 0.343 e. The third-order valence-electron chi connectivity index (χ3n) is 4.47. The second kappa shape index (κ2) is 3.99. The summed E-state index contributed by atoms with van der Waals surface area (Å²) in [6, 6.07) is 17.2. The Balaban J connectivity index is 1.73. The SMILES string of the molecule is c1ccc(-c2cccn2[C@@H]2C[C@H]3CC[C@@H]2N3)cc1. The van der Waals surface area contributed by atoms with Crippen molar-refractivity contribution < 1.29 is 0 Å². The Kier molecular flexibility index (Phi) is 2.30. The summed E-state index contributed by atoms with van der Waals surface area (Å²) in [5.41, 5.74) is 2.68. The number of aromatic nitrogens is 1. The van der Waals surface area contributed by atoms with Gasteiger partial charge in [-0.3, -0.25) is 0 Å². The lowest BCUT2D eigenvalue weighted by Gasteiger charge is -2.24. The van der Waals surface area contributed by atoms with Crippen molar-refractivity contribution in [1.82, 2.24) is 9.88 Å². The fourth-order valence-corrected chi connectivity index (χ4v) is 3.64. The number of hydrogen-bond acceptors (Lipinski definition) is 1. The highest BCUT2D eigenvalue weighted by Gasteiger charge is 2.40. The summed E-state index contributed by atoms with van der Waals surface area (Å²) >= 11 is 0. The van der Waals surface area contributed by atoms with Crippen LogP contribution in [0.3, 0.4) is 0 Å². The minimum Gasteiger partial charge on any atom is -0.343 e. The zero-order valence-corrected chi connectivity index (χ0v) is 10.4. The Labute approximate surface area is 108 Å². The number of rotatable bonds is 2. The van der Waals surface area contributed by atoms with Crippen LogP contribution in [0.1, 0.15) is 25.3 Å². The molecule has 18 heavy (non-hydrogen) atoms. The third-order valence-corrected chi connectivity index (χ3v) is 4.47. The van der Waals surface area contributed by atoms with E-state index in [1.54, 1.807) is 0 Å². The lowest BCUT2D eigenvalue weighted by atomic mass is 9.95. The predicted molar refractivity (Wildman–Crippen MR) is 73.5 cm³/mol. The smallest absolute Gasteiger partial charge is 0.0504 e. The Morgan fingerprint density at radius 1 is 1.00 bits per heavy atom. The molecule has 4 rings (SSSR count). The second-order valence-electron chi connectivity index (χ2n) is 5.52. The van der Waals surface area contributed by atoms with Gasteiger partial charge < -0.3 is 9.88 Å². The maximum absolute atomic E-state index is 3.72. The molecule has 2 heteroatoms. The van der Waals surface area contributed by atoms with E-state index in [1.807, 2.05) is 0 Å². The van der Waals surface area contributed by atoms with Crippen LogP contribution in [0.25, 0.3) is 11.3 Å². The number of hydrogen-bond donors (Lipinski definition) is 1. The Morgan fingerprint density at radius 2 is 1.89 bits per heavy atom. The molecule has 2 aliphatic rings. The van der Waals surface area contributed by atoms with Crippen molar-refractivity contribution in [2.75, 3.05) is 0 Å². The topological polar surface area (TPSA) is 17.0 Å². The van der Waals surface area contributed by atoms with Crippen LogP contribution in [0.4, 0.5) is 0 Å². The highest BCUT2D eigenvalue weighted by molar-refractivity contribution is 5.60. The molecule has 0 unspecified atom stereocenters. The van der Waals surface area contributed by atoms with Crippen molar-refractivity contribution >= 4 is 0 Å². The number of benzene rings is 1. The molecule has 2 fully saturated rings. The molecule has 2 aliphatic heterocycles. The Bertz CT molecular complexity index is 543. The van der Waals surface area contributed by atoms with Gasteiger partial charge in [-0.1, -0.05) is 30.3 Å². The lowest BCUT2D eigenvalue weighted by Crippen LogP contribution is -2.25. The van der Waals surface area contributed by atoms with Crippen molar-refractivity contribution in [3.8, 4) is 11.3 Å². The molecule has 2 saturated heterocycles. The second-order valence-corrected chi connectivity index (χ2v) is 5.52. The summed E-state index contributed by atoms with van der Waals surface area (Å²) in [6.07, 6.45) is 6.24. The Hall–Kier alpha value is -1.54. The first-order valence-corrected chi connectivity index (χ1v) is 6.90. The van der Waals surface area contributed by atoms with Crippen molar-refractivity contribution in [2.45, 2.75) is 37.4 Å². The standard InChI is InChI=1S/C16H18N2/c1-2-5-12(6-3-1)15-7-4-10-18(15)16-11-13-8-9-14(16)17-13/h1-7,10,13-14,16-17H,8-9,11H2/t13-,14+,16-/m1/s1. The van der Waals surface area contributed by atoms with Crippen LogP contribution < -0.4 is 5.32 Å². The van der Waals surface area contributed by atoms with Gasteiger partial charge in [-0.25, -0.2) is 0 Å². The van der Waals surface area contributed by atoms with Gasteiger partial charge in [-0.05, 0) is 37.0 Å². The van der Waals surface area contributed by atoms with E-state index in [0.717, 1.165) is 6.04 Å². The Morgan fingerprint density at radius 3 is 2.61 bits per heavy atom. The van der Waals surface area contributed by atoms with Crippen LogP contribution in [-0.2, 0) is 0 Å². The molecule has 1 N–H and O–H groups in total. The molecule has 2 aromatic rings. The van der Waals surface area contributed by atoms with Gasteiger partial charge in [0, 0.05) is 24.0 Å². The summed E-state index contributed by atoms with van der Waals surface area (Å²) in [6.45, 7) is 0. The van der Waals surface area contributed by atoms with E-state index < -0.39 is 0 Å². The first-order valence-electron chi connectivity index (χ1n) is 6.90. The normalized spacial score (nSPS) is 29.9. The van der Waals surface area contributed by atoms with Crippen LogP contribution in [0.2, 0.25) is 0 Å². The lowest BCUT2D eigenvalue weighted by molar-refractivity contribution is 0.401. The van der Waals surface area contributed by atoms with Gasteiger partial charge in [0.2, 0.25) is 0 Å². The molecular weight excluding hydrogens is 220 g/mol. The maximum atomic E-state index is 3.72. The highest BCUT2D eigenvalue weighted by Crippen LogP contribution is 2.38. The fourth-order valence-electron chi connectivity index (χ4n) is 3.64. The molecule has 0 saturated carbocycles. The van der Waals surface area contributed by atoms with Crippen LogP contribution >= 0.6 is 0 Å². The predicted octanol–water partition coefficient (Wildman–Crippen LogP) is 3.22. The number of fused-ring (bicyclic) bond motifs is 2. The minimum atomic E-state index is 0.647. The van der Waals surface area contributed by atoms with Crippen LogP contribution in [0, 0.1) is 0 Å². The molecule has 3 atom stereocenters. The molecule has 2 nitrogen and oxygen atoms in total.